The smallest absolute Gasteiger partial charge is 0.225 e. The molecule has 0 saturated carbocycles. The van der Waals surface area contributed by atoms with Crippen LogP contribution < -0.4 is 19.5 Å². The highest BCUT2D eigenvalue weighted by molar-refractivity contribution is 5.93. The van der Waals surface area contributed by atoms with Crippen LogP contribution in [0.15, 0.2) is 60.9 Å². The lowest BCUT2D eigenvalue weighted by atomic mass is 9.96. The van der Waals surface area contributed by atoms with Gasteiger partial charge in [-0.25, -0.2) is 9.97 Å². The van der Waals surface area contributed by atoms with E-state index in [1.807, 2.05) is 54.7 Å². The van der Waals surface area contributed by atoms with E-state index in [0.29, 0.717) is 36.8 Å². The molecule has 4 aromatic rings. The van der Waals surface area contributed by atoms with Crippen molar-refractivity contribution < 1.29 is 19.0 Å². The highest BCUT2D eigenvalue weighted by atomic mass is 16.5. The summed E-state index contributed by atoms with van der Waals surface area (Å²) in [7, 11) is 1.67. The van der Waals surface area contributed by atoms with Crippen molar-refractivity contribution in [3.63, 3.8) is 0 Å². The molecule has 4 heterocycles. The van der Waals surface area contributed by atoms with Crippen LogP contribution in [0, 0.1) is 0 Å². The summed E-state index contributed by atoms with van der Waals surface area (Å²) < 4.78 is 17.8. The standard InChI is InChI=1S/C27H24N4O4/c1-33-23-5-3-2-4-19(23)21-14-29-26(30-21)17-12-16-13-18(6-8-22(16)34-15-17)35-24-10-11-28-27-20(24)7-9-25(32)31-27/h2-6,8,10-11,13-14,17H,7,9,12,15H2,1H3,(H,29,30)(H,28,31,32). The molecule has 0 saturated heterocycles. The van der Waals surface area contributed by atoms with E-state index in [1.165, 1.54) is 0 Å². The van der Waals surface area contributed by atoms with Crippen LogP contribution in [0.1, 0.15) is 29.3 Å². The lowest BCUT2D eigenvalue weighted by Gasteiger charge is -2.25. The Labute approximate surface area is 202 Å². The molecule has 1 atom stereocenters. The molecule has 0 radical (unpaired) electrons. The number of H-pyrrole nitrogens is 1. The number of amides is 1. The van der Waals surface area contributed by atoms with E-state index in [4.69, 9.17) is 14.2 Å². The fourth-order valence-corrected chi connectivity index (χ4v) is 4.64. The molecule has 1 amide bonds. The van der Waals surface area contributed by atoms with Crippen LogP contribution in [0.2, 0.25) is 0 Å². The number of nitrogens with one attached hydrogen (secondary N) is 2. The maximum atomic E-state index is 11.7. The van der Waals surface area contributed by atoms with Crippen molar-refractivity contribution in [3.8, 4) is 34.3 Å². The number of anilines is 1. The minimum atomic E-state index is -0.0223. The first-order valence-corrected chi connectivity index (χ1v) is 11.6. The average Bonchev–Trinajstić information content (AvgIpc) is 3.38. The zero-order valence-electron chi connectivity index (χ0n) is 19.2. The number of nitrogens with zero attached hydrogens (tertiary/aromatic N) is 2. The van der Waals surface area contributed by atoms with Crippen LogP contribution in [-0.4, -0.2) is 34.6 Å². The summed E-state index contributed by atoms with van der Waals surface area (Å²) in [4.78, 5) is 24.1. The lowest BCUT2D eigenvalue weighted by molar-refractivity contribution is -0.116. The van der Waals surface area contributed by atoms with E-state index in [-0.39, 0.29) is 11.8 Å². The first-order chi connectivity index (χ1) is 17.2. The van der Waals surface area contributed by atoms with Crippen molar-refractivity contribution >= 4 is 11.7 Å². The van der Waals surface area contributed by atoms with Crippen molar-refractivity contribution in [2.24, 2.45) is 0 Å². The Balaban J connectivity index is 1.23. The molecule has 2 aliphatic heterocycles. The van der Waals surface area contributed by atoms with Gasteiger partial charge in [-0.15, -0.1) is 0 Å². The molecule has 1 unspecified atom stereocenters. The number of hydrogen-bond donors (Lipinski definition) is 2. The Kier molecular flexibility index (Phi) is 5.33. The van der Waals surface area contributed by atoms with Crippen LogP contribution >= 0.6 is 0 Å². The van der Waals surface area contributed by atoms with Gasteiger partial charge in [0, 0.05) is 23.7 Å². The topological polar surface area (TPSA) is 98.4 Å². The van der Waals surface area contributed by atoms with Gasteiger partial charge in [-0.2, -0.15) is 0 Å². The van der Waals surface area contributed by atoms with E-state index < -0.39 is 0 Å². The number of imidazole rings is 1. The summed E-state index contributed by atoms with van der Waals surface area (Å²) >= 11 is 0. The van der Waals surface area contributed by atoms with Gasteiger partial charge in [-0.05, 0) is 54.8 Å². The Bertz CT molecular complexity index is 1410. The second-order valence-electron chi connectivity index (χ2n) is 8.65. The first-order valence-electron chi connectivity index (χ1n) is 11.6. The van der Waals surface area contributed by atoms with Gasteiger partial charge in [0.1, 0.15) is 34.6 Å². The zero-order valence-corrected chi connectivity index (χ0v) is 19.2. The van der Waals surface area contributed by atoms with Gasteiger partial charge in [0.25, 0.3) is 0 Å². The van der Waals surface area contributed by atoms with Crippen molar-refractivity contribution in [2.75, 3.05) is 19.0 Å². The quantitative estimate of drug-likeness (QED) is 0.433. The van der Waals surface area contributed by atoms with Gasteiger partial charge in [0.15, 0.2) is 0 Å². The maximum Gasteiger partial charge on any atom is 0.225 e. The van der Waals surface area contributed by atoms with E-state index >= 15 is 0 Å². The molecule has 2 aromatic carbocycles. The Morgan fingerprint density at radius 1 is 1.06 bits per heavy atom. The van der Waals surface area contributed by atoms with Crippen LogP contribution in [0.4, 0.5) is 5.82 Å². The number of aromatic nitrogens is 3. The molecular formula is C27H24N4O4. The Hall–Kier alpha value is -4.33. The monoisotopic (exact) mass is 468 g/mol. The third-order valence-corrected chi connectivity index (χ3v) is 6.42. The Morgan fingerprint density at radius 3 is 2.89 bits per heavy atom. The van der Waals surface area contributed by atoms with Crippen LogP contribution in [0.25, 0.3) is 11.3 Å². The molecule has 0 aliphatic carbocycles. The number of aromatic amines is 1. The summed E-state index contributed by atoms with van der Waals surface area (Å²) in [5.41, 5.74) is 3.86. The van der Waals surface area contributed by atoms with Crippen molar-refractivity contribution in [1.29, 1.82) is 0 Å². The van der Waals surface area contributed by atoms with E-state index in [2.05, 4.69) is 20.3 Å². The SMILES string of the molecule is COc1ccccc1-c1cnc(C2COc3ccc(Oc4ccnc5c4CCC(=O)N5)cc3C2)[nH]1. The van der Waals surface area contributed by atoms with Crippen molar-refractivity contribution in [3.05, 3.63) is 77.9 Å². The number of methoxy groups -OCH3 is 1. The lowest BCUT2D eigenvalue weighted by Crippen LogP contribution is -2.20. The predicted molar refractivity (Wildman–Crippen MR) is 130 cm³/mol. The average molecular weight is 469 g/mol. The van der Waals surface area contributed by atoms with Gasteiger partial charge in [0.2, 0.25) is 5.91 Å². The van der Waals surface area contributed by atoms with Crippen molar-refractivity contribution in [1.82, 2.24) is 15.0 Å². The molecule has 8 nitrogen and oxygen atoms in total. The zero-order chi connectivity index (χ0) is 23.8. The Morgan fingerprint density at radius 2 is 1.97 bits per heavy atom. The second kappa shape index (κ2) is 8.79. The number of ether oxygens (including phenoxy) is 3. The summed E-state index contributed by atoms with van der Waals surface area (Å²) in [5, 5.41) is 2.81. The van der Waals surface area contributed by atoms with E-state index in [1.54, 1.807) is 13.3 Å². The van der Waals surface area contributed by atoms with Crippen LogP contribution in [-0.2, 0) is 17.6 Å². The highest BCUT2D eigenvalue weighted by Gasteiger charge is 2.25. The number of para-hydroxylation sites is 1. The van der Waals surface area contributed by atoms with Gasteiger partial charge in [-0.3, -0.25) is 4.79 Å². The van der Waals surface area contributed by atoms with Gasteiger partial charge in [0.05, 0.1) is 31.5 Å². The van der Waals surface area contributed by atoms with Crippen molar-refractivity contribution in [2.45, 2.75) is 25.2 Å². The largest absolute Gasteiger partial charge is 0.496 e. The number of carbonyl (C=O) groups is 1. The third kappa shape index (κ3) is 4.07. The summed E-state index contributed by atoms with van der Waals surface area (Å²) in [6.45, 7) is 0.545. The molecule has 35 heavy (non-hydrogen) atoms. The van der Waals surface area contributed by atoms with E-state index in [0.717, 1.165) is 46.1 Å². The normalized spacial score (nSPS) is 16.5. The second-order valence-corrected chi connectivity index (χ2v) is 8.65. The number of hydrogen-bond acceptors (Lipinski definition) is 6. The molecular weight excluding hydrogens is 444 g/mol. The molecule has 2 aliphatic rings. The minimum Gasteiger partial charge on any atom is -0.496 e. The van der Waals surface area contributed by atoms with Gasteiger partial charge in [-0.1, -0.05) is 12.1 Å². The highest BCUT2D eigenvalue weighted by Crippen LogP contribution is 2.38. The summed E-state index contributed by atoms with van der Waals surface area (Å²) in [6, 6.07) is 15.6. The summed E-state index contributed by atoms with van der Waals surface area (Å²) in [5.74, 6) is 4.59. The molecule has 0 fully saturated rings. The molecule has 8 heteroatoms. The third-order valence-electron chi connectivity index (χ3n) is 6.42. The van der Waals surface area contributed by atoms with Gasteiger partial charge < -0.3 is 24.5 Å². The van der Waals surface area contributed by atoms with Crippen LogP contribution in [0.3, 0.4) is 0 Å². The summed E-state index contributed by atoms with van der Waals surface area (Å²) in [6.07, 6.45) is 5.29. The number of fused-ring (bicyclic) bond motifs is 2. The number of benzene rings is 2. The number of pyridine rings is 1. The molecule has 0 spiro atoms. The molecule has 176 valence electrons. The maximum absolute atomic E-state index is 11.7. The van der Waals surface area contributed by atoms with E-state index in [9.17, 15) is 4.79 Å². The number of carbonyl (C=O) groups excluding carboxylic acids is 1. The predicted octanol–water partition coefficient (Wildman–Crippen LogP) is 4.88. The minimum absolute atomic E-state index is 0.0223. The fourth-order valence-electron chi connectivity index (χ4n) is 4.64. The molecule has 2 aromatic heterocycles. The first kappa shape index (κ1) is 21.2. The number of rotatable bonds is 5. The molecule has 2 N–H and O–H groups in total. The fraction of sp³-hybridized carbons (Fsp3) is 0.222. The van der Waals surface area contributed by atoms with Gasteiger partial charge >= 0.3 is 0 Å². The molecule has 0 bridgehead atoms. The molecule has 6 rings (SSSR count). The van der Waals surface area contributed by atoms with Crippen LogP contribution in [0.5, 0.6) is 23.0 Å².